The largest absolute Gasteiger partial charge is 0.478 e. The fraction of sp³-hybridized carbons (Fsp3) is 0.176. The molecule has 1 aliphatic rings. The van der Waals surface area contributed by atoms with Gasteiger partial charge in [0.1, 0.15) is 0 Å². The van der Waals surface area contributed by atoms with Gasteiger partial charge in [-0.05, 0) is 43.0 Å². The van der Waals surface area contributed by atoms with E-state index in [1.54, 1.807) is 12.3 Å². The van der Waals surface area contributed by atoms with Crippen LogP contribution in [0, 0.1) is 6.92 Å². The Balaban J connectivity index is 1.84. The van der Waals surface area contributed by atoms with Gasteiger partial charge in [0.05, 0.1) is 11.3 Å². The molecule has 0 unspecified atom stereocenters. The maximum absolute atomic E-state index is 11.2. The Kier molecular flexibility index (Phi) is 3.11. The van der Waals surface area contributed by atoms with Crippen LogP contribution in [0.2, 0.25) is 0 Å². The fourth-order valence-corrected chi connectivity index (χ4v) is 2.57. The summed E-state index contributed by atoms with van der Waals surface area (Å²) in [5.41, 5.74) is 5.70. The van der Waals surface area contributed by atoms with Crippen molar-refractivity contribution in [3.63, 3.8) is 0 Å². The predicted octanol–water partition coefficient (Wildman–Crippen LogP) is 3.27. The molecule has 0 fully saturated rings. The van der Waals surface area contributed by atoms with E-state index in [4.69, 9.17) is 0 Å². The Morgan fingerprint density at radius 2 is 2.00 bits per heavy atom. The molecule has 0 radical (unpaired) electrons. The summed E-state index contributed by atoms with van der Waals surface area (Å²) in [6.07, 6.45) is 5.10. The van der Waals surface area contributed by atoms with E-state index in [1.165, 1.54) is 16.7 Å². The highest BCUT2D eigenvalue weighted by Gasteiger charge is 2.20. The third-order valence-corrected chi connectivity index (χ3v) is 3.62. The van der Waals surface area contributed by atoms with E-state index < -0.39 is 5.97 Å². The lowest BCUT2D eigenvalue weighted by molar-refractivity contribution is 0.0695. The van der Waals surface area contributed by atoms with Crippen molar-refractivity contribution in [1.82, 2.24) is 4.98 Å². The average molecular weight is 265 g/mol. The number of benzene rings is 1. The number of allylic oxidation sites excluding steroid dienone is 1. The fourth-order valence-electron chi connectivity index (χ4n) is 2.57. The van der Waals surface area contributed by atoms with Crippen LogP contribution in [-0.4, -0.2) is 16.1 Å². The van der Waals surface area contributed by atoms with Crippen LogP contribution in [0.4, 0.5) is 0 Å². The predicted molar refractivity (Wildman–Crippen MR) is 77.8 cm³/mol. The lowest BCUT2D eigenvalue weighted by atomic mass is 10.0. The van der Waals surface area contributed by atoms with E-state index in [9.17, 15) is 9.90 Å². The molecular formula is C17H15NO2. The van der Waals surface area contributed by atoms with Crippen molar-refractivity contribution in [3.8, 4) is 0 Å². The van der Waals surface area contributed by atoms with E-state index >= 15 is 0 Å². The zero-order valence-electron chi connectivity index (χ0n) is 11.3. The average Bonchev–Trinajstić information content (AvgIpc) is 2.83. The molecule has 100 valence electrons. The van der Waals surface area contributed by atoms with Gasteiger partial charge in [-0.15, -0.1) is 0 Å². The maximum atomic E-state index is 11.2. The summed E-state index contributed by atoms with van der Waals surface area (Å²) in [5, 5.41) is 9.20. The van der Waals surface area contributed by atoms with E-state index in [0.29, 0.717) is 12.0 Å². The minimum atomic E-state index is -0.881. The summed E-state index contributed by atoms with van der Waals surface area (Å²) in [4.78, 5) is 15.5. The van der Waals surface area contributed by atoms with Crippen LogP contribution < -0.4 is 0 Å². The first kappa shape index (κ1) is 12.6. The number of carboxylic acid groups (broad SMARTS) is 1. The SMILES string of the molecule is Cc1ccc(CC2=Cc3nccc(C(=O)O)c3C2)cc1. The summed E-state index contributed by atoms with van der Waals surface area (Å²) >= 11 is 0. The van der Waals surface area contributed by atoms with Crippen LogP contribution in [0.15, 0.2) is 42.1 Å². The molecule has 0 aliphatic heterocycles. The molecule has 1 aliphatic carbocycles. The number of rotatable bonds is 3. The zero-order valence-corrected chi connectivity index (χ0v) is 11.3. The summed E-state index contributed by atoms with van der Waals surface area (Å²) in [6, 6.07) is 10.00. The van der Waals surface area contributed by atoms with Crippen molar-refractivity contribution >= 4 is 12.0 Å². The Morgan fingerprint density at radius 1 is 1.25 bits per heavy atom. The molecule has 1 aromatic heterocycles. The van der Waals surface area contributed by atoms with Crippen LogP contribution in [0.1, 0.15) is 32.7 Å². The van der Waals surface area contributed by atoms with Gasteiger partial charge in [-0.2, -0.15) is 0 Å². The molecule has 20 heavy (non-hydrogen) atoms. The Labute approximate surface area is 117 Å². The van der Waals surface area contributed by atoms with Crippen molar-refractivity contribution in [2.24, 2.45) is 0 Å². The number of nitrogens with zero attached hydrogens (tertiary/aromatic N) is 1. The molecular weight excluding hydrogens is 250 g/mol. The standard InChI is InChI=1S/C17H15NO2/c1-11-2-4-12(5-3-11)8-13-9-15-14(17(19)20)6-7-18-16(15)10-13/h2-7,10H,8-9H2,1H3,(H,19,20). The number of aryl methyl sites for hydroxylation is 1. The molecule has 3 heteroatoms. The van der Waals surface area contributed by atoms with Gasteiger partial charge in [0.25, 0.3) is 0 Å². The third-order valence-electron chi connectivity index (χ3n) is 3.62. The van der Waals surface area contributed by atoms with Gasteiger partial charge in [0.2, 0.25) is 0 Å². The first-order chi connectivity index (χ1) is 9.63. The number of aromatic carboxylic acids is 1. The van der Waals surface area contributed by atoms with Gasteiger partial charge in [0.15, 0.2) is 0 Å². The van der Waals surface area contributed by atoms with Gasteiger partial charge in [-0.1, -0.05) is 35.4 Å². The molecule has 1 aromatic carbocycles. The smallest absolute Gasteiger partial charge is 0.336 e. The van der Waals surface area contributed by atoms with Crippen LogP contribution in [0.5, 0.6) is 0 Å². The lowest BCUT2D eigenvalue weighted by Gasteiger charge is -2.05. The first-order valence-electron chi connectivity index (χ1n) is 6.59. The van der Waals surface area contributed by atoms with E-state index in [2.05, 4.69) is 36.2 Å². The molecule has 0 amide bonds. The number of fused-ring (bicyclic) bond motifs is 1. The minimum Gasteiger partial charge on any atom is -0.478 e. The molecule has 2 aromatic rings. The highest BCUT2D eigenvalue weighted by molar-refractivity contribution is 5.91. The Hall–Kier alpha value is -2.42. The van der Waals surface area contributed by atoms with Gasteiger partial charge in [0, 0.05) is 6.20 Å². The topological polar surface area (TPSA) is 50.2 Å². The van der Waals surface area contributed by atoms with Crippen LogP contribution in [-0.2, 0) is 12.8 Å². The molecule has 0 spiro atoms. The first-order valence-corrected chi connectivity index (χ1v) is 6.59. The second-order valence-electron chi connectivity index (χ2n) is 5.17. The monoisotopic (exact) mass is 265 g/mol. The maximum Gasteiger partial charge on any atom is 0.336 e. The Morgan fingerprint density at radius 3 is 2.70 bits per heavy atom. The Bertz CT molecular complexity index is 699. The van der Waals surface area contributed by atoms with E-state index in [1.807, 2.05) is 6.08 Å². The van der Waals surface area contributed by atoms with E-state index in [-0.39, 0.29) is 0 Å². The molecule has 0 atom stereocenters. The summed E-state index contributed by atoms with van der Waals surface area (Å²) in [5.74, 6) is -0.881. The molecule has 3 nitrogen and oxygen atoms in total. The van der Waals surface area contributed by atoms with Crippen molar-refractivity contribution < 1.29 is 9.90 Å². The highest BCUT2D eigenvalue weighted by Crippen LogP contribution is 2.28. The molecule has 0 saturated heterocycles. The number of hydrogen-bond donors (Lipinski definition) is 1. The number of carbonyl (C=O) groups is 1. The zero-order chi connectivity index (χ0) is 14.1. The van der Waals surface area contributed by atoms with Crippen molar-refractivity contribution in [2.45, 2.75) is 19.8 Å². The molecule has 1 heterocycles. The van der Waals surface area contributed by atoms with Crippen molar-refractivity contribution in [1.29, 1.82) is 0 Å². The summed E-state index contributed by atoms with van der Waals surface area (Å²) in [7, 11) is 0. The minimum absolute atomic E-state index is 0.366. The summed E-state index contributed by atoms with van der Waals surface area (Å²) < 4.78 is 0. The quantitative estimate of drug-likeness (QED) is 0.926. The molecule has 0 saturated carbocycles. The van der Waals surface area contributed by atoms with Crippen molar-refractivity contribution in [3.05, 3.63) is 70.0 Å². The second kappa shape index (κ2) is 4.93. The molecule has 0 bridgehead atoms. The highest BCUT2D eigenvalue weighted by atomic mass is 16.4. The third kappa shape index (κ3) is 2.35. The normalized spacial score (nSPS) is 12.9. The summed E-state index contributed by atoms with van der Waals surface area (Å²) in [6.45, 7) is 2.07. The van der Waals surface area contributed by atoms with Gasteiger partial charge >= 0.3 is 5.97 Å². The molecule has 3 rings (SSSR count). The number of hydrogen-bond acceptors (Lipinski definition) is 2. The number of aromatic nitrogens is 1. The van der Waals surface area contributed by atoms with E-state index in [0.717, 1.165) is 17.7 Å². The van der Waals surface area contributed by atoms with Crippen LogP contribution in [0.3, 0.4) is 0 Å². The van der Waals surface area contributed by atoms with Crippen LogP contribution in [0.25, 0.3) is 6.08 Å². The van der Waals surface area contributed by atoms with Gasteiger partial charge < -0.3 is 5.11 Å². The van der Waals surface area contributed by atoms with Gasteiger partial charge in [-0.25, -0.2) is 4.79 Å². The van der Waals surface area contributed by atoms with Crippen molar-refractivity contribution in [2.75, 3.05) is 0 Å². The number of pyridine rings is 1. The number of carboxylic acids is 1. The van der Waals surface area contributed by atoms with Gasteiger partial charge in [-0.3, -0.25) is 4.98 Å². The molecule has 1 N–H and O–H groups in total. The lowest BCUT2D eigenvalue weighted by Crippen LogP contribution is -2.03. The second-order valence-corrected chi connectivity index (χ2v) is 5.17. The van der Waals surface area contributed by atoms with Crippen LogP contribution >= 0.6 is 0 Å².